The third-order valence-corrected chi connectivity index (χ3v) is 8.36. The standard InChI is InChI=1S/C32H27F12NO3/c1-16-4-24(46)12-26-25-13-28(48-15-18-7-22(31(39,40)41)11-23(8-18)32(42,43)44)27(9-19(25)2-3-45(16)26)47-14-17-5-20(29(33,34)35)10-21(6-17)30(36,37)38/h5-11,13,16,24,26,46H,2-4,12,14-15H2,1H3/t16-,24+,26+/m1/s1. The number of hydrogen-bond donors (Lipinski definition) is 1. The topological polar surface area (TPSA) is 41.9 Å². The number of benzene rings is 3. The van der Waals surface area contributed by atoms with Crippen LogP contribution in [-0.4, -0.2) is 28.7 Å². The van der Waals surface area contributed by atoms with E-state index in [4.69, 9.17) is 9.47 Å². The van der Waals surface area contributed by atoms with E-state index in [1.807, 2.05) is 6.92 Å². The van der Waals surface area contributed by atoms with Crippen LogP contribution >= 0.6 is 0 Å². The van der Waals surface area contributed by atoms with Crippen molar-refractivity contribution in [3.63, 3.8) is 0 Å². The van der Waals surface area contributed by atoms with Gasteiger partial charge in [0, 0.05) is 18.6 Å². The van der Waals surface area contributed by atoms with Gasteiger partial charge in [-0.1, -0.05) is 0 Å². The Hall–Kier alpha value is -3.66. The van der Waals surface area contributed by atoms with Gasteiger partial charge in [0.1, 0.15) is 13.2 Å². The molecule has 48 heavy (non-hydrogen) atoms. The summed E-state index contributed by atoms with van der Waals surface area (Å²) in [6, 6.07) is 4.24. The lowest BCUT2D eigenvalue weighted by atomic mass is 9.83. The number of alkyl halides is 12. The lowest BCUT2D eigenvalue weighted by molar-refractivity contribution is -0.144. The Labute approximate surface area is 265 Å². The Kier molecular flexibility index (Phi) is 9.40. The fourth-order valence-electron chi connectivity index (χ4n) is 6.15. The molecule has 0 amide bonds. The van der Waals surface area contributed by atoms with E-state index in [9.17, 15) is 57.8 Å². The quantitative estimate of drug-likeness (QED) is 0.260. The van der Waals surface area contributed by atoms with Crippen LogP contribution in [0.2, 0.25) is 0 Å². The first kappa shape index (κ1) is 35.6. The van der Waals surface area contributed by atoms with E-state index in [1.54, 1.807) is 0 Å². The molecule has 0 spiro atoms. The number of ether oxygens (including phenoxy) is 2. The maximum Gasteiger partial charge on any atom is 0.416 e. The molecule has 1 N–H and O–H groups in total. The van der Waals surface area contributed by atoms with Crippen LogP contribution in [-0.2, 0) is 44.3 Å². The molecule has 3 atom stereocenters. The molecule has 3 aromatic rings. The van der Waals surface area contributed by atoms with Crippen LogP contribution in [0.25, 0.3) is 0 Å². The minimum atomic E-state index is -5.13. The summed E-state index contributed by atoms with van der Waals surface area (Å²) in [6.45, 7) is 0.788. The molecule has 0 saturated carbocycles. The molecule has 0 radical (unpaired) electrons. The molecule has 16 heteroatoms. The van der Waals surface area contributed by atoms with Crippen molar-refractivity contribution in [2.75, 3.05) is 6.54 Å². The van der Waals surface area contributed by atoms with E-state index in [2.05, 4.69) is 4.90 Å². The van der Waals surface area contributed by atoms with Crippen molar-refractivity contribution in [2.45, 2.75) is 82.3 Å². The zero-order valence-corrected chi connectivity index (χ0v) is 24.8. The van der Waals surface area contributed by atoms with Gasteiger partial charge in [0.15, 0.2) is 11.5 Å². The second-order valence-electron chi connectivity index (χ2n) is 11.9. The van der Waals surface area contributed by atoms with Gasteiger partial charge in [-0.25, -0.2) is 0 Å². The van der Waals surface area contributed by atoms with E-state index in [0.717, 1.165) is 0 Å². The third-order valence-electron chi connectivity index (χ3n) is 8.36. The molecular weight excluding hydrogens is 674 g/mol. The normalized spacial score (nSPS) is 20.7. The second kappa shape index (κ2) is 12.7. The van der Waals surface area contributed by atoms with Crippen molar-refractivity contribution in [2.24, 2.45) is 0 Å². The third kappa shape index (κ3) is 7.96. The lowest BCUT2D eigenvalue weighted by Crippen LogP contribution is -2.48. The summed E-state index contributed by atoms with van der Waals surface area (Å²) >= 11 is 0. The number of nitrogens with zero attached hydrogens (tertiary/aromatic N) is 1. The van der Waals surface area contributed by atoms with Crippen molar-refractivity contribution in [1.82, 2.24) is 4.90 Å². The van der Waals surface area contributed by atoms with E-state index in [-0.39, 0.29) is 35.7 Å². The first-order chi connectivity index (χ1) is 22.1. The number of piperidine rings is 1. The molecule has 0 unspecified atom stereocenters. The van der Waals surface area contributed by atoms with Gasteiger partial charge in [0.05, 0.1) is 28.4 Å². The molecule has 0 aliphatic carbocycles. The Morgan fingerprint density at radius 1 is 0.625 bits per heavy atom. The fraction of sp³-hybridized carbons (Fsp3) is 0.438. The molecule has 0 aromatic heterocycles. The Morgan fingerprint density at radius 3 is 1.46 bits per heavy atom. The first-order valence-corrected chi connectivity index (χ1v) is 14.5. The van der Waals surface area contributed by atoms with Crippen LogP contribution in [0.15, 0.2) is 48.5 Å². The summed E-state index contributed by atoms with van der Waals surface area (Å²) < 4.78 is 173. The Bertz CT molecular complexity index is 1580. The van der Waals surface area contributed by atoms with Gasteiger partial charge in [-0.2, -0.15) is 52.7 Å². The van der Waals surface area contributed by atoms with Crippen molar-refractivity contribution in [3.8, 4) is 11.5 Å². The molecule has 1 saturated heterocycles. The number of aliphatic hydroxyl groups is 1. The molecule has 2 heterocycles. The maximum atomic E-state index is 13.4. The molecule has 1 fully saturated rings. The van der Waals surface area contributed by atoms with Gasteiger partial charge < -0.3 is 14.6 Å². The van der Waals surface area contributed by atoms with Gasteiger partial charge >= 0.3 is 24.7 Å². The van der Waals surface area contributed by atoms with E-state index < -0.39 is 77.4 Å². The summed E-state index contributed by atoms with van der Waals surface area (Å²) in [7, 11) is 0. The molecule has 262 valence electrons. The zero-order valence-electron chi connectivity index (χ0n) is 24.8. The van der Waals surface area contributed by atoms with Crippen LogP contribution in [0.3, 0.4) is 0 Å². The fourth-order valence-corrected chi connectivity index (χ4v) is 6.15. The van der Waals surface area contributed by atoms with Gasteiger partial charge in [0.2, 0.25) is 0 Å². The summed E-state index contributed by atoms with van der Waals surface area (Å²) in [5, 5.41) is 10.4. The highest BCUT2D eigenvalue weighted by atomic mass is 19.4. The minimum absolute atomic E-state index is 0.0400. The van der Waals surface area contributed by atoms with Gasteiger partial charge in [-0.3, -0.25) is 4.90 Å². The van der Waals surface area contributed by atoms with Crippen LogP contribution in [0, 0.1) is 0 Å². The molecule has 0 bridgehead atoms. The van der Waals surface area contributed by atoms with Gasteiger partial charge in [-0.05, 0) is 97.0 Å². The number of fused-ring (bicyclic) bond motifs is 3. The number of rotatable bonds is 6. The first-order valence-electron chi connectivity index (χ1n) is 14.5. The lowest BCUT2D eigenvalue weighted by Gasteiger charge is -2.46. The van der Waals surface area contributed by atoms with Crippen LogP contribution in [0.1, 0.15) is 70.3 Å². The van der Waals surface area contributed by atoms with Crippen molar-refractivity contribution >= 4 is 0 Å². The molecule has 5 rings (SSSR count). The molecule has 4 nitrogen and oxygen atoms in total. The SMILES string of the molecule is C[C@@H]1C[C@H](O)C[C@H]2c3cc(OCc4cc(C(F)(F)F)cc(C(F)(F)F)c4)c(OCc4cc(C(F)(F)F)cc(C(F)(F)F)c4)cc3CCN12. The van der Waals surface area contributed by atoms with Crippen molar-refractivity contribution in [3.05, 3.63) is 93.0 Å². The monoisotopic (exact) mass is 701 g/mol. The largest absolute Gasteiger partial charge is 0.485 e. The summed E-state index contributed by atoms with van der Waals surface area (Å²) in [5.41, 5.74) is -6.07. The minimum Gasteiger partial charge on any atom is -0.485 e. The summed E-state index contributed by atoms with van der Waals surface area (Å²) in [4.78, 5) is 2.11. The molecular formula is C32H27F12NO3. The predicted octanol–water partition coefficient (Wildman–Crippen LogP) is 9.36. The summed E-state index contributed by atoms with van der Waals surface area (Å²) in [6.07, 6.45) is -20.0. The highest BCUT2D eigenvalue weighted by Gasteiger charge is 2.40. The maximum absolute atomic E-state index is 13.4. The van der Waals surface area contributed by atoms with Crippen LogP contribution in [0.4, 0.5) is 52.7 Å². The summed E-state index contributed by atoms with van der Waals surface area (Å²) in [5.74, 6) is -0.432. The smallest absolute Gasteiger partial charge is 0.416 e. The van der Waals surface area contributed by atoms with Crippen molar-refractivity contribution < 1.29 is 67.3 Å². The van der Waals surface area contributed by atoms with Gasteiger partial charge in [-0.15, -0.1) is 0 Å². The average molecular weight is 702 g/mol. The highest BCUT2D eigenvalue weighted by Crippen LogP contribution is 2.45. The molecule has 3 aromatic carbocycles. The number of halogens is 12. The number of aliphatic hydroxyl groups excluding tert-OH is 1. The predicted molar refractivity (Wildman–Crippen MR) is 146 cm³/mol. The van der Waals surface area contributed by atoms with E-state index in [0.29, 0.717) is 61.2 Å². The highest BCUT2D eigenvalue weighted by molar-refractivity contribution is 5.50. The Balaban J connectivity index is 1.53. The van der Waals surface area contributed by atoms with Gasteiger partial charge in [0.25, 0.3) is 0 Å². The van der Waals surface area contributed by atoms with E-state index >= 15 is 0 Å². The number of hydrogen-bond acceptors (Lipinski definition) is 4. The van der Waals surface area contributed by atoms with Crippen LogP contribution < -0.4 is 9.47 Å². The van der Waals surface area contributed by atoms with Crippen molar-refractivity contribution in [1.29, 1.82) is 0 Å². The zero-order chi connectivity index (χ0) is 35.4. The molecule has 2 aliphatic rings. The van der Waals surface area contributed by atoms with E-state index in [1.165, 1.54) is 12.1 Å². The Morgan fingerprint density at radius 2 is 1.04 bits per heavy atom. The second-order valence-corrected chi connectivity index (χ2v) is 11.9. The average Bonchev–Trinajstić information content (AvgIpc) is 2.96. The molecule has 2 aliphatic heterocycles. The van der Waals surface area contributed by atoms with Crippen LogP contribution in [0.5, 0.6) is 11.5 Å².